The van der Waals surface area contributed by atoms with Crippen LogP contribution < -0.4 is 5.32 Å². The molecule has 3 N–H and O–H groups in total. The fourth-order valence-electron chi connectivity index (χ4n) is 6.68. The van der Waals surface area contributed by atoms with Crippen LogP contribution in [0.3, 0.4) is 0 Å². The standard InChI is InChI=1S/C46H91N2O6P/c1-6-8-10-12-14-16-17-18-19-20-21-22-23-24-25-26-27-28-29-30-31-32-34-36-38-40-46(50)47-44(43-54-55(51,52)53-42-41-48(3,4)5)45(49)39-37-35-33-15-13-11-9-7-2/h20-21,37,39,44-45,49H,6-19,22-36,38,40-43H2,1-5H3,(H-,47,50,51,52)/p+1/b21-20-,39-37+. The van der Waals surface area contributed by atoms with Gasteiger partial charge in [-0.05, 0) is 44.9 Å². The van der Waals surface area contributed by atoms with Crippen molar-refractivity contribution in [2.24, 2.45) is 0 Å². The fraction of sp³-hybridized carbons (Fsp3) is 0.891. The SMILES string of the molecule is CCCCCCCC/C=C/C(O)C(COP(=O)(O)OCC[N+](C)(C)C)NC(=O)CCCCCCCCCCCCCCC/C=C\CCCCCCCCCC. The highest BCUT2D eigenvalue weighted by molar-refractivity contribution is 7.47. The van der Waals surface area contributed by atoms with Gasteiger partial charge in [-0.3, -0.25) is 13.8 Å². The molecule has 55 heavy (non-hydrogen) atoms. The van der Waals surface area contributed by atoms with Crippen molar-refractivity contribution in [3.05, 3.63) is 24.3 Å². The normalized spacial score (nSPS) is 14.5. The summed E-state index contributed by atoms with van der Waals surface area (Å²) >= 11 is 0. The predicted molar refractivity (Wildman–Crippen MR) is 235 cm³/mol. The van der Waals surface area contributed by atoms with Crippen LogP contribution >= 0.6 is 7.82 Å². The van der Waals surface area contributed by atoms with Gasteiger partial charge in [0.15, 0.2) is 0 Å². The van der Waals surface area contributed by atoms with E-state index in [1.807, 2.05) is 27.2 Å². The van der Waals surface area contributed by atoms with Crippen molar-refractivity contribution < 1.29 is 32.9 Å². The van der Waals surface area contributed by atoms with Crippen molar-refractivity contribution in [3.8, 4) is 0 Å². The van der Waals surface area contributed by atoms with E-state index in [2.05, 4.69) is 31.3 Å². The minimum atomic E-state index is -4.33. The van der Waals surface area contributed by atoms with E-state index >= 15 is 0 Å². The largest absolute Gasteiger partial charge is 0.472 e. The average molecular weight is 800 g/mol. The zero-order chi connectivity index (χ0) is 40.7. The smallest absolute Gasteiger partial charge is 0.387 e. The molecule has 0 heterocycles. The zero-order valence-corrected chi connectivity index (χ0v) is 37.8. The van der Waals surface area contributed by atoms with Crippen LogP contribution in [0, 0.1) is 0 Å². The Bertz CT molecular complexity index is 953. The van der Waals surface area contributed by atoms with E-state index < -0.39 is 20.0 Å². The number of rotatable bonds is 42. The van der Waals surface area contributed by atoms with Crippen LogP contribution in [0.2, 0.25) is 0 Å². The molecule has 0 aliphatic carbocycles. The Morgan fingerprint density at radius 3 is 1.40 bits per heavy atom. The molecule has 0 aliphatic rings. The Kier molecular flexibility index (Phi) is 37.8. The van der Waals surface area contributed by atoms with Crippen LogP contribution in [0.1, 0.15) is 213 Å². The number of allylic oxidation sites excluding steroid dienone is 3. The molecule has 9 heteroatoms. The molecule has 0 aromatic carbocycles. The van der Waals surface area contributed by atoms with E-state index in [1.54, 1.807) is 6.08 Å². The lowest BCUT2D eigenvalue weighted by Crippen LogP contribution is -2.45. The van der Waals surface area contributed by atoms with Gasteiger partial charge in [0.1, 0.15) is 13.2 Å². The summed E-state index contributed by atoms with van der Waals surface area (Å²) in [7, 11) is 1.57. The van der Waals surface area contributed by atoms with Crippen LogP contribution in [0.4, 0.5) is 0 Å². The molecule has 326 valence electrons. The number of amides is 1. The third kappa shape index (κ3) is 41.0. The Morgan fingerprint density at radius 2 is 0.982 bits per heavy atom. The van der Waals surface area contributed by atoms with Crippen LogP contribution in [-0.4, -0.2) is 73.4 Å². The van der Waals surface area contributed by atoms with Gasteiger partial charge in [0.25, 0.3) is 0 Å². The molecule has 0 aromatic heterocycles. The van der Waals surface area contributed by atoms with Crippen molar-refractivity contribution in [1.82, 2.24) is 5.32 Å². The average Bonchev–Trinajstić information content (AvgIpc) is 3.13. The monoisotopic (exact) mass is 800 g/mol. The molecule has 0 saturated heterocycles. The van der Waals surface area contributed by atoms with Crippen LogP contribution in [0.25, 0.3) is 0 Å². The maximum atomic E-state index is 12.8. The summed E-state index contributed by atoms with van der Waals surface area (Å²) in [5.74, 6) is -0.179. The lowest BCUT2D eigenvalue weighted by Gasteiger charge is -2.25. The predicted octanol–water partition coefficient (Wildman–Crippen LogP) is 12.9. The number of aliphatic hydroxyl groups is 1. The van der Waals surface area contributed by atoms with Gasteiger partial charge in [-0.1, -0.05) is 186 Å². The Hall–Kier alpha value is -1.02. The summed E-state index contributed by atoms with van der Waals surface area (Å²) in [4.78, 5) is 23.0. The van der Waals surface area contributed by atoms with Crippen LogP contribution in [0.15, 0.2) is 24.3 Å². The van der Waals surface area contributed by atoms with E-state index in [0.29, 0.717) is 17.4 Å². The van der Waals surface area contributed by atoms with Gasteiger partial charge in [-0.25, -0.2) is 4.57 Å². The summed E-state index contributed by atoms with van der Waals surface area (Å²) in [5, 5.41) is 13.7. The quantitative estimate of drug-likeness (QED) is 0.0246. The summed E-state index contributed by atoms with van der Waals surface area (Å²) < 4.78 is 23.5. The molecular weight excluding hydrogens is 707 g/mol. The van der Waals surface area contributed by atoms with Crippen molar-refractivity contribution >= 4 is 13.7 Å². The van der Waals surface area contributed by atoms with Crippen molar-refractivity contribution in [1.29, 1.82) is 0 Å². The second kappa shape index (κ2) is 38.5. The fourth-order valence-corrected chi connectivity index (χ4v) is 7.42. The van der Waals surface area contributed by atoms with E-state index in [9.17, 15) is 19.4 Å². The molecule has 0 bridgehead atoms. The lowest BCUT2D eigenvalue weighted by atomic mass is 10.0. The molecule has 0 rings (SSSR count). The van der Waals surface area contributed by atoms with E-state index in [-0.39, 0.29) is 19.1 Å². The minimum Gasteiger partial charge on any atom is -0.387 e. The van der Waals surface area contributed by atoms with Gasteiger partial charge in [0.05, 0.1) is 39.9 Å². The Labute approximate surface area is 341 Å². The molecule has 3 unspecified atom stereocenters. The van der Waals surface area contributed by atoms with E-state index in [4.69, 9.17) is 9.05 Å². The van der Waals surface area contributed by atoms with Crippen molar-refractivity contribution in [2.45, 2.75) is 225 Å². The van der Waals surface area contributed by atoms with Gasteiger partial charge in [0, 0.05) is 6.42 Å². The van der Waals surface area contributed by atoms with E-state index in [0.717, 1.165) is 38.5 Å². The third-order valence-corrected chi connectivity index (χ3v) is 11.4. The number of aliphatic hydroxyl groups excluding tert-OH is 1. The summed E-state index contributed by atoms with van der Waals surface area (Å²) in [5.41, 5.74) is 0. The van der Waals surface area contributed by atoms with E-state index in [1.165, 1.54) is 154 Å². The van der Waals surface area contributed by atoms with Gasteiger partial charge >= 0.3 is 7.82 Å². The lowest BCUT2D eigenvalue weighted by molar-refractivity contribution is -0.870. The van der Waals surface area contributed by atoms with Gasteiger partial charge in [-0.15, -0.1) is 0 Å². The number of carbonyl (C=O) groups excluding carboxylic acids is 1. The second-order valence-corrected chi connectivity index (χ2v) is 18.6. The summed E-state index contributed by atoms with van der Waals surface area (Å²) in [6.07, 6.45) is 45.6. The van der Waals surface area contributed by atoms with Gasteiger partial charge < -0.3 is 19.8 Å². The Balaban J connectivity index is 4.09. The highest BCUT2D eigenvalue weighted by atomic mass is 31.2. The minimum absolute atomic E-state index is 0.0624. The molecule has 1 amide bonds. The summed E-state index contributed by atoms with van der Waals surface area (Å²) in [6.45, 7) is 4.77. The van der Waals surface area contributed by atoms with Crippen LogP contribution in [-0.2, 0) is 18.4 Å². The number of hydrogen-bond donors (Lipinski definition) is 3. The van der Waals surface area contributed by atoms with Gasteiger partial charge in [-0.2, -0.15) is 0 Å². The zero-order valence-electron chi connectivity index (χ0n) is 36.9. The number of unbranched alkanes of at least 4 members (excludes halogenated alkanes) is 27. The molecule has 0 saturated carbocycles. The van der Waals surface area contributed by atoms with Crippen LogP contribution in [0.5, 0.6) is 0 Å². The van der Waals surface area contributed by atoms with Crippen molar-refractivity contribution in [2.75, 3.05) is 40.9 Å². The first-order chi connectivity index (χ1) is 26.5. The second-order valence-electron chi connectivity index (χ2n) is 17.1. The molecule has 0 radical (unpaired) electrons. The molecule has 0 aromatic rings. The number of nitrogens with one attached hydrogen (secondary N) is 1. The highest BCUT2D eigenvalue weighted by Crippen LogP contribution is 2.43. The number of phosphoric ester groups is 1. The number of quaternary nitrogens is 1. The number of phosphoric acid groups is 1. The molecule has 0 aliphatic heterocycles. The number of likely N-dealkylation sites (N-methyl/N-ethyl adjacent to an activating group) is 1. The first kappa shape index (κ1) is 54.0. The van der Waals surface area contributed by atoms with Gasteiger partial charge in [0.2, 0.25) is 5.91 Å². The molecular formula is C46H92N2O6P+. The van der Waals surface area contributed by atoms with Crippen molar-refractivity contribution in [3.63, 3.8) is 0 Å². The highest BCUT2D eigenvalue weighted by Gasteiger charge is 2.27. The molecule has 0 fully saturated rings. The first-order valence-electron chi connectivity index (χ1n) is 23.2. The maximum Gasteiger partial charge on any atom is 0.472 e. The number of carbonyl (C=O) groups is 1. The molecule has 0 spiro atoms. The Morgan fingerprint density at radius 1 is 0.600 bits per heavy atom. The maximum absolute atomic E-state index is 12.8. The first-order valence-corrected chi connectivity index (χ1v) is 24.7. The number of hydrogen-bond acceptors (Lipinski definition) is 5. The molecule has 3 atom stereocenters. The molecule has 8 nitrogen and oxygen atoms in total. The third-order valence-electron chi connectivity index (χ3n) is 10.4. The topological polar surface area (TPSA) is 105 Å². The summed E-state index contributed by atoms with van der Waals surface area (Å²) in [6, 6.07) is -0.841. The number of nitrogens with zero attached hydrogens (tertiary/aromatic N) is 1.